The number of hydrogen-bond acceptors (Lipinski definition) is 3. The molecule has 24 heavy (non-hydrogen) atoms. The standard InChI is InChI=1S/C18H29N3O.2ClH/c1-4-12-20(3)16-8-6-15(7-9-16)18(22)21(13-5-2)17-10-11-19-14-17;;/h6-9,17,19H,4-5,10-14H2,1-3H3;2*1H. The lowest BCUT2D eigenvalue weighted by Crippen LogP contribution is -2.42. The van der Waals surface area contributed by atoms with Gasteiger partial charge in [-0.25, -0.2) is 0 Å². The number of benzene rings is 1. The maximum atomic E-state index is 12.8. The Labute approximate surface area is 158 Å². The van der Waals surface area contributed by atoms with Crippen LogP contribution in [0.4, 0.5) is 5.69 Å². The summed E-state index contributed by atoms with van der Waals surface area (Å²) < 4.78 is 0. The Morgan fingerprint density at radius 3 is 2.25 bits per heavy atom. The lowest BCUT2D eigenvalue weighted by atomic mass is 10.1. The summed E-state index contributed by atoms with van der Waals surface area (Å²) in [6.45, 7) is 8.10. The van der Waals surface area contributed by atoms with E-state index in [-0.39, 0.29) is 30.7 Å². The Morgan fingerprint density at radius 2 is 1.75 bits per heavy atom. The van der Waals surface area contributed by atoms with Gasteiger partial charge in [-0.05, 0) is 50.1 Å². The quantitative estimate of drug-likeness (QED) is 0.790. The monoisotopic (exact) mass is 375 g/mol. The van der Waals surface area contributed by atoms with E-state index in [1.165, 1.54) is 5.69 Å². The highest BCUT2D eigenvalue weighted by Crippen LogP contribution is 2.18. The fourth-order valence-corrected chi connectivity index (χ4v) is 3.09. The predicted molar refractivity (Wildman–Crippen MR) is 107 cm³/mol. The van der Waals surface area contributed by atoms with Gasteiger partial charge in [0.05, 0.1) is 0 Å². The molecule has 1 aromatic carbocycles. The van der Waals surface area contributed by atoms with Crippen LogP contribution in [0, 0.1) is 0 Å². The first-order valence-corrected chi connectivity index (χ1v) is 8.50. The van der Waals surface area contributed by atoms with Crippen LogP contribution in [0.5, 0.6) is 0 Å². The lowest BCUT2D eigenvalue weighted by molar-refractivity contribution is 0.0692. The van der Waals surface area contributed by atoms with E-state index in [4.69, 9.17) is 0 Å². The molecule has 1 heterocycles. The van der Waals surface area contributed by atoms with Gasteiger partial charge in [0.15, 0.2) is 0 Å². The van der Waals surface area contributed by atoms with E-state index in [9.17, 15) is 4.79 Å². The summed E-state index contributed by atoms with van der Waals surface area (Å²) in [7, 11) is 2.09. The highest BCUT2D eigenvalue weighted by atomic mass is 35.5. The number of anilines is 1. The minimum Gasteiger partial charge on any atom is -0.375 e. The molecule has 1 saturated heterocycles. The molecule has 1 unspecified atom stereocenters. The Bertz CT molecular complexity index is 476. The molecule has 1 amide bonds. The van der Waals surface area contributed by atoms with Gasteiger partial charge in [-0.2, -0.15) is 0 Å². The molecule has 0 radical (unpaired) electrons. The van der Waals surface area contributed by atoms with Crippen LogP contribution in [0.3, 0.4) is 0 Å². The van der Waals surface area contributed by atoms with Gasteiger partial charge in [0.1, 0.15) is 0 Å². The molecule has 0 aromatic heterocycles. The van der Waals surface area contributed by atoms with Crippen LogP contribution in [-0.2, 0) is 0 Å². The molecule has 0 bridgehead atoms. The first kappa shape index (κ1) is 23.0. The molecule has 0 saturated carbocycles. The number of hydrogen-bond donors (Lipinski definition) is 1. The second kappa shape index (κ2) is 11.6. The summed E-state index contributed by atoms with van der Waals surface area (Å²) in [5.74, 6) is 0.167. The van der Waals surface area contributed by atoms with Crippen molar-refractivity contribution in [1.29, 1.82) is 0 Å². The molecule has 1 N–H and O–H groups in total. The minimum absolute atomic E-state index is 0. The number of rotatable bonds is 7. The SMILES string of the molecule is CCCN(C)c1ccc(C(=O)N(CCC)C2CCNC2)cc1.Cl.Cl. The summed E-state index contributed by atoms with van der Waals surface area (Å²) in [5.41, 5.74) is 1.97. The summed E-state index contributed by atoms with van der Waals surface area (Å²) >= 11 is 0. The molecule has 2 rings (SSSR count). The fourth-order valence-electron chi connectivity index (χ4n) is 3.09. The average Bonchev–Trinajstić information content (AvgIpc) is 3.06. The zero-order valence-corrected chi connectivity index (χ0v) is 16.6. The summed E-state index contributed by atoms with van der Waals surface area (Å²) in [4.78, 5) is 17.1. The third-order valence-electron chi connectivity index (χ3n) is 4.31. The Hall–Kier alpha value is -0.970. The lowest BCUT2D eigenvalue weighted by Gasteiger charge is -2.28. The zero-order chi connectivity index (χ0) is 15.9. The second-order valence-electron chi connectivity index (χ2n) is 6.11. The maximum absolute atomic E-state index is 12.8. The van der Waals surface area contributed by atoms with Crippen LogP contribution in [-0.4, -0.2) is 50.1 Å². The van der Waals surface area contributed by atoms with Crippen molar-refractivity contribution in [1.82, 2.24) is 10.2 Å². The van der Waals surface area contributed by atoms with Gasteiger partial charge in [0.25, 0.3) is 5.91 Å². The van der Waals surface area contributed by atoms with Crippen LogP contribution < -0.4 is 10.2 Å². The summed E-state index contributed by atoms with van der Waals surface area (Å²) in [5, 5.41) is 3.36. The topological polar surface area (TPSA) is 35.6 Å². The van der Waals surface area contributed by atoms with Gasteiger partial charge in [-0.15, -0.1) is 24.8 Å². The van der Waals surface area contributed by atoms with Crippen molar-refractivity contribution in [3.8, 4) is 0 Å². The Morgan fingerprint density at radius 1 is 1.12 bits per heavy atom. The van der Waals surface area contributed by atoms with Gasteiger partial charge in [-0.3, -0.25) is 4.79 Å². The van der Waals surface area contributed by atoms with Gasteiger partial charge >= 0.3 is 0 Å². The van der Waals surface area contributed by atoms with Gasteiger partial charge in [0.2, 0.25) is 0 Å². The molecule has 1 aliphatic heterocycles. The molecule has 1 atom stereocenters. The Balaban J connectivity index is 0.00000264. The predicted octanol–water partition coefficient (Wildman–Crippen LogP) is 3.59. The van der Waals surface area contributed by atoms with E-state index in [0.717, 1.165) is 51.0 Å². The molecule has 4 nitrogen and oxygen atoms in total. The number of carbonyl (C=O) groups is 1. The van der Waals surface area contributed by atoms with Gasteiger partial charge in [0, 0.05) is 44.0 Å². The highest BCUT2D eigenvalue weighted by molar-refractivity contribution is 5.94. The molecule has 1 aromatic rings. The number of nitrogens with one attached hydrogen (secondary N) is 1. The number of halogens is 2. The molecule has 0 spiro atoms. The minimum atomic E-state index is 0. The third-order valence-corrected chi connectivity index (χ3v) is 4.31. The van der Waals surface area contributed by atoms with Crippen molar-refractivity contribution in [3.05, 3.63) is 29.8 Å². The van der Waals surface area contributed by atoms with Crippen LogP contribution in [0.2, 0.25) is 0 Å². The van der Waals surface area contributed by atoms with Crippen molar-refractivity contribution in [2.45, 2.75) is 39.2 Å². The molecule has 1 aliphatic rings. The van der Waals surface area contributed by atoms with E-state index in [2.05, 4.69) is 43.2 Å². The van der Waals surface area contributed by atoms with E-state index in [1.807, 2.05) is 17.0 Å². The second-order valence-corrected chi connectivity index (χ2v) is 6.11. The van der Waals surface area contributed by atoms with Crippen LogP contribution in [0.25, 0.3) is 0 Å². The van der Waals surface area contributed by atoms with Crippen molar-refractivity contribution < 1.29 is 4.79 Å². The Kier molecular flexibility index (Phi) is 11.1. The van der Waals surface area contributed by atoms with Gasteiger partial charge < -0.3 is 15.1 Å². The van der Waals surface area contributed by atoms with Crippen molar-refractivity contribution in [2.75, 3.05) is 38.1 Å². The first-order valence-electron chi connectivity index (χ1n) is 8.50. The van der Waals surface area contributed by atoms with Gasteiger partial charge in [-0.1, -0.05) is 13.8 Å². The van der Waals surface area contributed by atoms with Crippen molar-refractivity contribution in [3.63, 3.8) is 0 Å². The third kappa shape index (κ3) is 5.83. The largest absolute Gasteiger partial charge is 0.375 e. The molecular formula is C18H31Cl2N3O. The van der Waals surface area contributed by atoms with Crippen LogP contribution >= 0.6 is 24.8 Å². The van der Waals surface area contributed by atoms with Crippen LogP contribution in [0.15, 0.2) is 24.3 Å². The molecular weight excluding hydrogens is 345 g/mol. The molecule has 1 fully saturated rings. The maximum Gasteiger partial charge on any atom is 0.254 e. The fraction of sp³-hybridized carbons (Fsp3) is 0.611. The summed E-state index contributed by atoms with van der Waals surface area (Å²) in [6, 6.07) is 8.39. The van der Waals surface area contributed by atoms with E-state index >= 15 is 0 Å². The van der Waals surface area contributed by atoms with E-state index in [0.29, 0.717) is 6.04 Å². The van der Waals surface area contributed by atoms with Crippen molar-refractivity contribution >= 4 is 36.4 Å². The number of carbonyl (C=O) groups excluding carboxylic acids is 1. The average molecular weight is 376 g/mol. The van der Waals surface area contributed by atoms with E-state index in [1.54, 1.807) is 0 Å². The van der Waals surface area contributed by atoms with Crippen molar-refractivity contribution in [2.24, 2.45) is 0 Å². The molecule has 0 aliphatic carbocycles. The molecule has 6 heteroatoms. The highest BCUT2D eigenvalue weighted by Gasteiger charge is 2.26. The number of amides is 1. The van der Waals surface area contributed by atoms with E-state index < -0.39 is 0 Å². The first-order chi connectivity index (χ1) is 10.7. The molecule has 138 valence electrons. The zero-order valence-electron chi connectivity index (χ0n) is 15.0. The van der Waals surface area contributed by atoms with Crippen LogP contribution in [0.1, 0.15) is 43.5 Å². The summed E-state index contributed by atoms with van der Waals surface area (Å²) in [6.07, 6.45) is 3.18. The normalized spacial score (nSPS) is 16.0. The number of nitrogens with zero attached hydrogens (tertiary/aromatic N) is 2. The smallest absolute Gasteiger partial charge is 0.254 e.